The van der Waals surface area contributed by atoms with Crippen molar-refractivity contribution in [2.24, 2.45) is 5.41 Å². The Kier molecular flexibility index (Phi) is 6.14. The highest BCUT2D eigenvalue weighted by atomic mass is 32.2. The second-order valence-electron chi connectivity index (χ2n) is 10.2. The van der Waals surface area contributed by atoms with Crippen LogP contribution in [0, 0.1) is 17.1 Å². The summed E-state index contributed by atoms with van der Waals surface area (Å²) >= 11 is 0. The van der Waals surface area contributed by atoms with Crippen molar-refractivity contribution in [3.8, 4) is 0 Å². The number of nitrogens with zero attached hydrogens (tertiary/aromatic N) is 4. The van der Waals surface area contributed by atoms with Crippen LogP contribution in [0.15, 0.2) is 29.2 Å². The van der Waals surface area contributed by atoms with Gasteiger partial charge in [-0.25, -0.2) is 17.8 Å². The topological polar surface area (TPSA) is 112 Å². The smallest absolute Gasteiger partial charge is 0.259 e. The monoisotopic (exact) mass is 520 g/mol. The number of rotatable bonds is 5. The van der Waals surface area contributed by atoms with Gasteiger partial charge in [0.05, 0.1) is 33.9 Å². The van der Waals surface area contributed by atoms with E-state index < -0.39 is 21.6 Å². The SMILES string of the molecule is Cc1c(N2CC3(COC3)C2)nnc(N2CCCC(F)(F)CC2)c1C(=O)Nc1cccc(S(C)(=N)=O)c1. The van der Waals surface area contributed by atoms with Crippen LogP contribution in [0.1, 0.15) is 35.2 Å². The zero-order chi connectivity index (χ0) is 25.7. The lowest BCUT2D eigenvalue weighted by atomic mass is 9.78. The molecule has 1 aromatic carbocycles. The lowest BCUT2D eigenvalue weighted by Crippen LogP contribution is -2.66. The number of ether oxygens (including phenoxy) is 1. The first kappa shape index (κ1) is 24.8. The predicted octanol–water partition coefficient (Wildman–Crippen LogP) is 3.53. The zero-order valence-corrected chi connectivity index (χ0v) is 21.2. The number of amides is 1. The fourth-order valence-electron chi connectivity index (χ4n) is 5.06. The number of benzene rings is 1. The predicted molar refractivity (Wildman–Crippen MR) is 133 cm³/mol. The first-order valence-electron chi connectivity index (χ1n) is 11.9. The number of hydrogen-bond donors (Lipinski definition) is 2. The van der Waals surface area contributed by atoms with Crippen LogP contribution in [0.4, 0.5) is 26.1 Å². The van der Waals surface area contributed by atoms with Crippen LogP contribution >= 0.6 is 0 Å². The van der Waals surface area contributed by atoms with Gasteiger partial charge < -0.3 is 19.9 Å². The van der Waals surface area contributed by atoms with Crippen molar-refractivity contribution in [1.82, 2.24) is 10.2 Å². The van der Waals surface area contributed by atoms with Crippen molar-refractivity contribution < 1.29 is 22.5 Å². The van der Waals surface area contributed by atoms with Crippen LogP contribution in [0.5, 0.6) is 0 Å². The Bertz CT molecular complexity index is 1290. The summed E-state index contributed by atoms with van der Waals surface area (Å²) < 4.78 is 53.5. The van der Waals surface area contributed by atoms with Gasteiger partial charge in [-0.2, -0.15) is 0 Å². The first-order chi connectivity index (χ1) is 17.0. The molecule has 9 nitrogen and oxygen atoms in total. The molecule has 0 radical (unpaired) electrons. The van der Waals surface area contributed by atoms with Crippen LogP contribution in [0.3, 0.4) is 0 Å². The summed E-state index contributed by atoms with van der Waals surface area (Å²) in [6.07, 6.45) is 1.07. The average Bonchev–Trinajstić information content (AvgIpc) is 2.92. The maximum Gasteiger partial charge on any atom is 0.259 e. The molecule has 0 saturated carbocycles. The standard InChI is InChI=1S/C24H30F2N6O3S/c1-16-19(22(33)28-17-5-3-6-18(11-17)36(2,27)34)21(31-9-4-7-24(25,26)8-10-31)30-29-20(16)32-12-23(13-32)14-35-15-23/h3,5-6,11,27H,4,7-10,12-15H2,1-2H3,(H,28,33). The van der Waals surface area contributed by atoms with Gasteiger partial charge in [-0.05, 0) is 31.5 Å². The van der Waals surface area contributed by atoms with Crippen LogP contribution < -0.4 is 15.1 Å². The van der Waals surface area contributed by atoms with Gasteiger partial charge in [0.2, 0.25) is 5.92 Å². The number of nitrogens with one attached hydrogen (secondary N) is 2. The molecule has 3 aliphatic rings. The van der Waals surface area contributed by atoms with Crippen LogP contribution in [-0.4, -0.2) is 71.9 Å². The lowest BCUT2D eigenvalue weighted by molar-refractivity contribution is -0.127. The van der Waals surface area contributed by atoms with Crippen LogP contribution in [0.25, 0.3) is 0 Å². The number of carbonyl (C=O) groups is 1. The summed E-state index contributed by atoms with van der Waals surface area (Å²) in [6, 6.07) is 6.37. The van der Waals surface area contributed by atoms with Crippen molar-refractivity contribution in [2.75, 3.05) is 60.8 Å². The second kappa shape index (κ2) is 8.91. The number of hydrogen-bond acceptors (Lipinski definition) is 8. The van der Waals surface area contributed by atoms with Gasteiger partial charge >= 0.3 is 0 Å². The van der Waals surface area contributed by atoms with E-state index in [-0.39, 0.29) is 42.6 Å². The molecule has 0 bridgehead atoms. The average molecular weight is 521 g/mol. The van der Waals surface area contributed by atoms with E-state index in [1.165, 1.54) is 12.3 Å². The molecule has 36 heavy (non-hydrogen) atoms. The van der Waals surface area contributed by atoms with E-state index in [1.54, 1.807) is 30.0 Å². The molecule has 12 heteroatoms. The first-order valence-corrected chi connectivity index (χ1v) is 13.9. The molecule has 1 atom stereocenters. The van der Waals surface area contributed by atoms with E-state index >= 15 is 0 Å². The van der Waals surface area contributed by atoms with E-state index in [9.17, 15) is 17.8 Å². The minimum Gasteiger partial charge on any atom is -0.380 e. The normalized spacial score (nSPS) is 22.2. The van der Waals surface area contributed by atoms with Crippen molar-refractivity contribution in [3.05, 3.63) is 35.4 Å². The molecule has 1 amide bonds. The molecule has 3 fully saturated rings. The molecular weight excluding hydrogens is 490 g/mol. The number of anilines is 3. The summed E-state index contributed by atoms with van der Waals surface area (Å²) in [7, 11) is -2.97. The van der Waals surface area contributed by atoms with Gasteiger partial charge in [0, 0.05) is 61.4 Å². The maximum absolute atomic E-state index is 14.1. The van der Waals surface area contributed by atoms with Crippen LogP contribution in [0.2, 0.25) is 0 Å². The molecule has 1 unspecified atom stereocenters. The maximum atomic E-state index is 14.1. The highest BCUT2D eigenvalue weighted by molar-refractivity contribution is 7.91. The highest BCUT2D eigenvalue weighted by Crippen LogP contribution is 2.42. The Hall–Kier alpha value is -2.86. The van der Waals surface area contributed by atoms with Gasteiger partial charge in [0.1, 0.15) is 0 Å². The largest absolute Gasteiger partial charge is 0.380 e. The number of carbonyl (C=O) groups excluding carboxylic acids is 1. The van der Waals surface area contributed by atoms with E-state index in [4.69, 9.17) is 9.52 Å². The second-order valence-corrected chi connectivity index (χ2v) is 12.4. The van der Waals surface area contributed by atoms with E-state index in [1.807, 2.05) is 0 Å². The molecule has 5 rings (SSSR count). The summed E-state index contributed by atoms with van der Waals surface area (Å²) in [6.45, 7) is 5.14. The minimum absolute atomic E-state index is 0.0666. The number of halogens is 2. The fraction of sp³-hybridized carbons (Fsp3) is 0.542. The minimum atomic E-state index is -2.97. The molecule has 3 saturated heterocycles. The summed E-state index contributed by atoms with van der Waals surface area (Å²) in [5, 5.41) is 11.6. The summed E-state index contributed by atoms with van der Waals surface area (Å²) in [5.41, 5.74) is 1.43. The molecule has 194 valence electrons. The molecular formula is C24H30F2N6O3S. The number of aromatic nitrogens is 2. The third kappa shape index (κ3) is 4.75. The van der Waals surface area contributed by atoms with Crippen LogP contribution in [-0.2, 0) is 14.5 Å². The highest BCUT2D eigenvalue weighted by Gasteiger charge is 2.50. The van der Waals surface area contributed by atoms with Gasteiger partial charge in [-0.15, -0.1) is 10.2 Å². The molecule has 3 aliphatic heterocycles. The van der Waals surface area contributed by atoms with E-state index in [2.05, 4.69) is 20.4 Å². The Morgan fingerprint density at radius 2 is 1.86 bits per heavy atom. The quantitative estimate of drug-likeness (QED) is 0.620. The number of alkyl halides is 2. The van der Waals surface area contributed by atoms with E-state index in [0.29, 0.717) is 41.7 Å². The van der Waals surface area contributed by atoms with Crippen molar-refractivity contribution in [1.29, 1.82) is 4.78 Å². The summed E-state index contributed by atoms with van der Waals surface area (Å²) in [4.78, 5) is 17.7. The third-order valence-electron chi connectivity index (χ3n) is 7.13. The van der Waals surface area contributed by atoms with Crippen molar-refractivity contribution in [2.45, 2.75) is 37.0 Å². The zero-order valence-electron chi connectivity index (χ0n) is 20.4. The fourth-order valence-corrected chi connectivity index (χ4v) is 5.75. The Morgan fingerprint density at radius 3 is 2.53 bits per heavy atom. The Labute approximate surface area is 209 Å². The van der Waals surface area contributed by atoms with Gasteiger partial charge in [0.25, 0.3) is 5.91 Å². The van der Waals surface area contributed by atoms with Gasteiger partial charge in [-0.3, -0.25) is 4.79 Å². The molecule has 2 N–H and O–H groups in total. The van der Waals surface area contributed by atoms with Gasteiger partial charge in [-0.1, -0.05) is 6.07 Å². The summed E-state index contributed by atoms with van der Waals surface area (Å²) in [5.74, 6) is -2.33. The third-order valence-corrected chi connectivity index (χ3v) is 8.28. The lowest BCUT2D eigenvalue weighted by Gasteiger charge is -2.55. The molecule has 1 spiro atoms. The molecule has 0 aliphatic carbocycles. The van der Waals surface area contributed by atoms with Crippen molar-refractivity contribution >= 4 is 33.0 Å². The Balaban J connectivity index is 1.49. The molecule has 1 aromatic heterocycles. The molecule has 2 aromatic rings. The Morgan fingerprint density at radius 1 is 1.14 bits per heavy atom. The van der Waals surface area contributed by atoms with E-state index in [0.717, 1.165) is 13.1 Å². The molecule has 4 heterocycles. The van der Waals surface area contributed by atoms with Crippen molar-refractivity contribution in [3.63, 3.8) is 0 Å². The van der Waals surface area contributed by atoms with Gasteiger partial charge in [0.15, 0.2) is 11.6 Å².